The molecule has 0 saturated heterocycles. The van der Waals surface area contributed by atoms with E-state index in [2.05, 4.69) is 15.3 Å². The van der Waals surface area contributed by atoms with Crippen LogP contribution < -0.4 is 4.57 Å². The molecule has 0 aromatic carbocycles. The Morgan fingerprint density at radius 1 is 1.47 bits per heavy atom. The Balaban J connectivity index is 2.17. The summed E-state index contributed by atoms with van der Waals surface area (Å²) < 4.78 is 3.69. The Hall–Kier alpha value is -1.82. The molecule has 0 N–H and O–H groups in total. The molecule has 6 heteroatoms. The maximum atomic E-state index is 4.38. The molecule has 74 valence electrons. The number of aromatic nitrogens is 5. The van der Waals surface area contributed by atoms with Gasteiger partial charge in [-0.2, -0.15) is 9.61 Å². The Labute approximate surface area is 89.6 Å². The number of fused-ring (bicyclic) bond motifs is 1. The van der Waals surface area contributed by atoms with E-state index < -0.39 is 0 Å². The first-order valence-electron chi connectivity index (χ1n) is 4.45. The van der Waals surface area contributed by atoms with Crippen molar-refractivity contribution in [1.29, 1.82) is 0 Å². The third-order valence-electron chi connectivity index (χ3n) is 2.07. The second-order valence-corrected chi connectivity index (χ2v) is 4.18. The predicted molar refractivity (Wildman–Crippen MR) is 55.3 cm³/mol. The molecular formula is C9H8N5S+. The molecule has 5 nitrogen and oxygen atoms in total. The lowest BCUT2D eigenvalue weighted by Crippen LogP contribution is -2.26. The van der Waals surface area contributed by atoms with Crippen molar-refractivity contribution in [2.24, 2.45) is 7.05 Å². The first kappa shape index (κ1) is 8.49. The molecular weight excluding hydrogens is 210 g/mol. The summed E-state index contributed by atoms with van der Waals surface area (Å²) in [5.74, 6) is 0. The van der Waals surface area contributed by atoms with Gasteiger partial charge in [0.15, 0.2) is 17.4 Å². The van der Waals surface area contributed by atoms with Crippen molar-refractivity contribution < 1.29 is 4.57 Å². The van der Waals surface area contributed by atoms with E-state index in [0.717, 1.165) is 15.5 Å². The summed E-state index contributed by atoms with van der Waals surface area (Å²) in [6, 6.07) is 4.03. The number of hydrogen-bond acceptors (Lipinski definition) is 4. The second kappa shape index (κ2) is 3.09. The molecule has 0 aliphatic carbocycles. The highest BCUT2D eigenvalue weighted by Crippen LogP contribution is 2.22. The van der Waals surface area contributed by atoms with Gasteiger partial charge in [-0.25, -0.2) is 4.57 Å². The summed E-state index contributed by atoms with van der Waals surface area (Å²) in [6.45, 7) is 0. The van der Waals surface area contributed by atoms with Crippen molar-refractivity contribution in [2.45, 2.75) is 0 Å². The van der Waals surface area contributed by atoms with Gasteiger partial charge in [-0.1, -0.05) is 11.3 Å². The van der Waals surface area contributed by atoms with E-state index in [1.54, 1.807) is 10.8 Å². The van der Waals surface area contributed by atoms with Gasteiger partial charge >= 0.3 is 0 Å². The average Bonchev–Trinajstić information content (AvgIpc) is 2.76. The van der Waals surface area contributed by atoms with Gasteiger partial charge in [0.25, 0.3) is 0 Å². The highest BCUT2D eigenvalue weighted by Gasteiger charge is 2.09. The van der Waals surface area contributed by atoms with Crippen molar-refractivity contribution in [3.8, 4) is 10.6 Å². The van der Waals surface area contributed by atoms with Crippen molar-refractivity contribution in [1.82, 2.24) is 19.8 Å². The molecule has 3 aromatic heterocycles. The zero-order valence-electron chi connectivity index (χ0n) is 8.03. The van der Waals surface area contributed by atoms with Gasteiger partial charge in [0.05, 0.1) is 5.56 Å². The summed E-state index contributed by atoms with van der Waals surface area (Å²) >= 11 is 1.53. The molecule has 3 rings (SSSR count). The standard InChI is InChI=1S/C9H8N5S/c1-13-4-2-3-7(5-13)8-12-14-6-10-11-9(14)15-8/h2-6H,1H3/q+1. The fraction of sp³-hybridized carbons (Fsp3) is 0.111. The first-order valence-corrected chi connectivity index (χ1v) is 5.27. The number of pyridine rings is 1. The van der Waals surface area contributed by atoms with Crippen LogP contribution in [0, 0.1) is 0 Å². The number of nitrogens with zero attached hydrogens (tertiary/aromatic N) is 5. The van der Waals surface area contributed by atoms with Crippen LogP contribution in [0.3, 0.4) is 0 Å². The van der Waals surface area contributed by atoms with Gasteiger partial charge in [0, 0.05) is 6.07 Å². The van der Waals surface area contributed by atoms with E-state index in [1.807, 2.05) is 36.1 Å². The Morgan fingerprint density at radius 2 is 2.40 bits per heavy atom. The minimum Gasteiger partial charge on any atom is -0.207 e. The van der Waals surface area contributed by atoms with Gasteiger partial charge in [0.2, 0.25) is 4.96 Å². The Kier molecular flexibility index (Phi) is 1.75. The van der Waals surface area contributed by atoms with E-state index in [-0.39, 0.29) is 0 Å². The van der Waals surface area contributed by atoms with Gasteiger partial charge in [0.1, 0.15) is 13.4 Å². The number of hydrogen-bond donors (Lipinski definition) is 0. The number of aryl methyl sites for hydroxylation is 1. The molecule has 0 fully saturated rings. The van der Waals surface area contributed by atoms with Crippen LogP contribution in [0.15, 0.2) is 30.9 Å². The van der Waals surface area contributed by atoms with Crippen LogP contribution in [0.1, 0.15) is 0 Å². The summed E-state index contributed by atoms with van der Waals surface area (Å²) in [6.07, 6.45) is 5.63. The lowest BCUT2D eigenvalue weighted by Gasteiger charge is -1.91. The fourth-order valence-electron chi connectivity index (χ4n) is 1.39. The highest BCUT2D eigenvalue weighted by molar-refractivity contribution is 7.19. The van der Waals surface area contributed by atoms with Gasteiger partial charge < -0.3 is 0 Å². The van der Waals surface area contributed by atoms with Gasteiger partial charge in [-0.05, 0) is 6.07 Å². The predicted octanol–water partition coefficient (Wildman–Crippen LogP) is 0.677. The third kappa shape index (κ3) is 1.39. The van der Waals surface area contributed by atoms with Crippen LogP contribution in [0.2, 0.25) is 0 Å². The Bertz CT molecular complexity index is 583. The normalized spacial score (nSPS) is 11.0. The van der Waals surface area contributed by atoms with Crippen LogP contribution in [-0.2, 0) is 7.05 Å². The van der Waals surface area contributed by atoms with E-state index in [4.69, 9.17) is 0 Å². The SMILES string of the molecule is C[n+]1cccc(-c2nn3cnnc3s2)c1. The van der Waals surface area contributed by atoms with E-state index >= 15 is 0 Å². The molecule has 0 spiro atoms. The molecule has 0 radical (unpaired) electrons. The van der Waals surface area contributed by atoms with Crippen LogP contribution in [0.25, 0.3) is 15.5 Å². The molecule has 0 saturated carbocycles. The summed E-state index contributed by atoms with van der Waals surface area (Å²) in [7, 11) is 1.99. The molecule has 3 heterocycles. The van der Waals surface area contributed by atoms with Crippen molar-refractivity contribution in [3.05, 3.63) is 30.9 Å². The average molecular weight is 218 g/mol. The van der Waals surface area contributed by atoms with Crippen LogP contribution in [0.5, 0.6) is 0 Å². The molecule has 0 unspecified atom stereocenters. The zero-order chi connectivity index (χ0) is 10.3. The minimum absolute atomic E-state index is 0.816. The maximum absolute atomic E-state index is 4.38. The van der Waals surface area contributed by atoms with Gasteiger partial charge in [-0.3, -0.25) is 0 Å². The van der Waals surface area contributed by atoms with Crippen LogP contribution in [0.4, 0.5) is 0 Å². The largest absolute Gasteiger partial charge is 0.234 e. The topological polar surface area (TPSA) is 47.0 Å². The maximum Gasteiger partial charge on any atom is 0.234 e. The third-order valence-corrected chi connectivity index (χ3v) is 3.04. The van der Waals surface area contributed by atoms with Crippen LogP contribution in [-0.4, -0.2) is 19.8 Å². The molecule has 0 aliphatic heterocycles. The van der Waals surface area contributed by atoms with Gasteiger partial charge in [-0.15, -0.1) is 10.2 Å². The molecule has 0 bridgehead atoms. The van der Waals surface area contributed by atoms with E-state index in [9.17, 15) is 0 Å². The molecule has 0 amide bonds. The van der Waals surface area contributed by atoms with E-state index in [1.165, 1.54) is 11.3 Å². The smallest absolute Gasteiger partial charge is 0.207 e. The highest BCUT2D eigenvalue weighted by atomic mass is 32.1. The van der Waals surface area contributed by atoms with E-state index in [0.29, 0.717) is 0 Å². The summed E-state index contributed by atoms with van der Waals surface area (Å²) in [4.78, 5) is 0.816. The monoisotopic (exact) mass is 218 g/mol. The molecule has 3 aromatic rings. The van der Waals surface area contributed by atoms with Crippen molar-refractivity contribution in [2.75, 3.05) is 0 Å². The zero-order valence-corrected chi connectivity index (χ0v) is 8.85. The quantitative estimate of drug-likeness (QED) is 0.564. The second-order valence-electron chi connectivity index (χ2n) is 3.22. The van der Waals surface area contributed by atoms with Crippen molar-refractivity contribution >= 4 is 16.3 Å². The Morgan fingerprint density at radius 3 is 3.20 bits per heavy atom. The molecule has 0 aliphatic rings. The first-order chi connectivity index (χ1) is 7.33. The molecule has 15 heavy (non-hydrogen) atoms. The van der Waals surface area contributed by atoms with Crippen LogP contribution >= 0.6 is 11.3 Å². The lowest BCUT2D eigenvalue weighted by molar-refractivity contribution is -0.671. The summed E-state index contributed by atoms with van der Waals surface area (Å²) in [5, 5.41) is 13.1. The minimum atomic E-state index is 0.816. The summed E-state index contributed by atoms with van der Waals surface area (Å²) in [5.41, 5.74) is 1.09. The fourth-order valence-corrected chi connectivity index (χ4v) is 2.20. The lowest BCUT2D eigenvalue weighted by atomic mass is 10.3. The van der Waals surface area contributed by atoms with Crippen molar-refractivity contribution in [3.63, 3.8) is 0 Å². The molecule has 0 atom stereocenters. The number of rotatable bonds is 1.